The molecule has 2 aliphatic heterocycles. The van der Waals surface area contributed by atoms with Gasteiger partial charge in [-0.05, 0) is 107 Å². The summed E-state index contributed by atoms with van der Waals surface area (Å²) in [5.74, 6) is 1.22. The molecule has 2 saturated heterocycles. The molecule has 5 atom stereocenters. The molecule has 9 nitrogen and oxygen atoms in total. The van der Waals surface area contributed by atoms with Crippen LogP contribution in [-0.4, -0.2) is 67.4 Å². The van der Waals surface area contributed by atoms with Crippen molar-refractivity contribution < 1.29 is 14.3 Å². The van der Waals surface area contributed by atoms with Crippen molar-refractivity contribution in [2.45, 2.75) is 120 Å². The van der Waals surface area contributed by atoms with E-state index in [4.69, 9.17) is 9.97 Å². The highest BCUT2D eigenvalue weighted by molar-refractivity contribution is 5.70. The van der Waals surface area contributed by atoms with E-state index in [9.17, 15) is 14.3 Å². The zero-order valence-corrected chi connectivity index (χ0v) is 28.8. The summed E-state index contributed by atoms with van der Waals surface area (Å²) in [6.45, 7) is 3.14. The van der Waals surface area contributed by atoms with Crippen LogP contribution in [0.5, 0.6) is 0 Å². The summed E-state index contributed by atoms with van der Waals surface area (Å²) in [7, 11) is 4.10. The van der Waals surface area contributed by atoms with Gasteiger partial charge in [-0.3, -0.25) is 14.4 Å². The highest BCUT2D eigenvalue weighted by atomic mass is 19.1. The van der Waals surface area contributed by atoms with Crippen LogP contribution in [0.2, 0.25) is 0 Å². The van der Waals surface area contributed by atoms with Crippen LogP contribution in [0.25, 0.3) is 0 Å². The third kappa shape index (κ3) is 6.82. The number of aliphatic carboxylic acids is 1. The third-order valence-corrected chi connectivity index (χ3v) is 12.2. The summed E-state index contributed by atoms with van der Waals surface area (Å²) in [5, 5.41) is 18.1. The maximum atomic E-state index is 13.8. The van der Waals surface area contributed by atoms with Gasteiger partial charge in [0.1, 0.15) is 11.6 Å². The molecule has 3 fully saturated rings. The highest BCUT2D eigenvalue weighted by Gasteiger charge is 2.39. The van der Waals surface area contributed by atoms with Crippen LogP contribution in [-0.2, 0) is 24.7 Å². The fourth-order valence-corrected chi connectivity index (χ4v) is 9.47. The Morgan fingerprint density at radius 2 is 1.77 bits per heavy atom. The molecule has 7 rings (SSSR count). The van der Waals surface area contributed by atoms with Gasteiger partial charge in [0.15, 0.2) is 0 Å². The molecule has 3 aromatic rings. The molecule has 0 amide bonds. The minimum Gasteiger partial charge on any atom is -0.481 e. The summed E-state index contributed by atoms with van der Waals surface area (Å²) in [4.78, 5) is 27.3. The first-order chi connectivity index (χ1) is 23.3. The molecule has 2 aliphatic carbocycles. The lowest BCUT2D eigenvalue weighted by atomic mass is 9.77. The van der Waals surface area contributed by atoms with Crippen LogP contribution in [0.4, 0.5) is 16.2 Å². The molecule has 1 saturated carbocycles. The van der Waals surface area contributed by atoms with E-state index >= 15 is 0 Å². The second kappa shape index (κ2) is 14.1. The molecule has 4 heterocycles. The SMILES string of the molecule is CC[C@H](C1CCC(C(=O)O)CC1)N(C)c1nc2c(c(N[C@@H](CN3C4CCC[C@@H]3CC4)c3cnn(C)c3)n1)C[C@H](c1ccc(F)cc1)CC2. The predicted molar refractivity (Wildman–Crippen MR) is 186 cm³/mol. The largest absolute Gasteiger partial charge is 0.481 e. The first-order valence-corrected chi connectivity index (χ1v) is 18.4. The number of carboxylic acids is 1. The number of rotatable bonds is 11. The quantitative estimate of drug-likeness (QED) is 0.230. The standard InChI is InChI=1S/C38H52FN7O2/c1-4-35(25-8-10-26(11-9-25)37(47)48)45(3)38-42-33-19-14-27(24-12-15-29(39)16-13-24)20-32(33)36(43-38)41-34(28-21-40-44(2)22-28)23-46-30-6-5-7-31(46)18-17-30/h12-13,15-16,21-22,25-27,30-31,34-35H,4-11,14,17-20,23H2,1-3H3,(H,47,48)(H,41,42,43)/t25?,26?,27-,30-,31?,34+,35-/m1/s1. The average Bonchev–Trinajstić information content (AvgIpc) is 3.61. The van der Waals surface area contributed by atoms with Crippen molar-refractivity contribution >= 4 is 17.7 Å². The zero-order valence-electron chi connectivity index (χ0n) is 28.8. The zero-order chi connectivity index (χ0) is 33.4. The Labute approximate surface area is 284 Å². The van der Waals surface area contributed by atoms with Crippen LogP contribution in [0.3, 0.4) is 0 Å². The number of aromatic nitrogens is 4. The molecular formula is C38H52FN7O2. The van der Waals surface area contributed by atoms with Gasteiger partial charge in [-0.2, -0.15) is 10.1 Å². The molecule has 0 radical (unpaired) electrons. The maximum absolute atomic E-state index is 13.8. The smallest absolute Gasteiger partial charge is 0.306 e. The van der Waals surface area contributed by atoms with Crippen molar-refractivity contribution in [1.29, 1.82) is 0 Å². The van der Waals surface area contributed by atoms with Crippen molar-refractivity contribution in [2.75, 3.05) is 23.8 Å². The number of halogens is 1. The molecule has 10 heteroatoms. The van der Waals surface area contributed by atoms with E-state index in [1.807, 2.05) is 30.1 Å². The summed E-state index contributed by atoms with van der Waals surface area (Å²) in [5.41, 5.74) is 4.58. The Kier molecular flexibility index (Phi) is 9.72. The Morgan fingerprint density at radius 3 is 2.42 bits per heavy atom. The van der Waals surface area contributed by atoms with E-state index in [1.165, 1.54) is 37.7 Å². The van der Waals surface area contributed by atoms with Crippen LogP contribution in [0.1, 0.15) is 112 Å². The molecule has 2 N–H and O–H groups in total. The van der Waals surface area contributed by atoms with Gasteiger partial charge < -0.3 is 15.3 Å². The number of hydrogen-bond acceptors (Lipinski definition) is 7. The molecule has 2 bridgehead atoms. The number of aryl methyl sites for hydroxylation is 2. The number of nitrogens with zero attached hydrogens (tertiary/aromatic N) is 6. The number of carboxylic acid groups (broad SMARTS) is 1. The number of piperidine rings is 1. The van der Waals surface area contributed by atoms with Gasteiger partial charge in [0.05, 0.1) is 23.9 Å². The van der Waals surface area contributed by atoms with Crippen molar-refractivity contribution in [3.05, 3.63) is 64.9 Å². The number of benzene rings is 1. The topological polar surface area (TPSA) is 99.4 Å². The third-order valence-electron chi connectivity index (χ3n) is 12.2. The lowest BCUT2D eigenvalue weighted by Crippen LogP contribution is -2.43. The number of fused-ring (bicyclic) bond motifs is 3. The Hall–Kier alpha value is -3.53. The summed E-state index contributed by atoms with van der Waals surface area (Å²) < 4.78 is 15.7. The number of anilines is 2. The van der Waals surface area contributed by atoms with Gasteiger partial charge in [-0.25, -0.2) is 9.37 Å². The second-order valence-electron chi connectivity index (χ2n) is 15.0. The Bertz CT molecular complexity index is 1550. The van der Waals surface area contributed by atoms with Gasteiger partial charge >= 0.3 is 5.97 Å². The van der Waals surface area contributed by atoms with E-state index in [1.54, 1.807) is 12.1 Å². The fraction of sp³-hybridized carbons (Fsp3) is 0.632. The van der Waals surface area contributed by atoms with E-state index < -0.39 is 5.97 Å². The lowest BCUT2D eigenvalue weighted by Gasteiger charge is -2.39. The Morgan fingerprint density at radius 1 is 1.04 bits per heavy atom. The average molecular weight is 658 g/mol. The van der Waals surface area contributed by atoms with E-state index in [0.717, 1.165) is 86.5 Å². The number of carbonyl (C=O) groups is 1. The van der Waals surface area contributed by atoms with Crippen LogP contribution < -0.4 is 10.2 Å². The second-order valence-corrected chi connectivity index (χ2v) is 15.0. The number of nitrogens with one attached hydrogen (secondary N) is 1. The van der Waals surface area contributed by atoms with Crippen molar-refractivity contribution in [3.63, 3.8) is 0 Å². The van der Waals surface area contributed by atoms with Crippen LogP contribution >= 0.6 is 0 Å². The van der Waals surface area contributed by atoms with Crippen molar-refractivity contribution in [3.8, 4) is 0 Å². The van der Waals surface area contributed by atoms with Gasteiger partial charge in [0, 0.05) is 56.1 Å². The fourth-order valence-electron chi connectivity index (χ4n) is 9.47. The number of hydrogen-bond donors (Lipinski definition) is 2. The molecule has 48 heavy (non-hydrogen) atoms. The van der Waals surface area contributed by atoms with Crippen LogP contribution in [0, 0.1) is 17.7 Å². The summed E-state index contributed by atoms with van der Waals surface area (Å²) in [6, 6.07) is 8.55. The minimum absolute atomic E-state index is 0.0246. The van der Waals surface area contributed by atoms with Gasteiger partial charge in [0.2, 0.25) is 5.95 Å². The summed E-state index contributed by atoms with van der Waals surface area (Å²) >= 11 is 0. The molecule has 258 valence electrons. The van der Waals surface area contributed by atoms with Gasteiger partial charge in [0.25, 0.3) is 0 Å². The van der Waals surface area contributed by atoms with Crippen molar-refractivity contribution in [2.24, 2.45) is 18.9 Å². The first-order valence-electron chi connectivity index (χ1n) is 18.4. The monoisotopic (exact) mass is 657 g/mol. The predicted octanol–water partition coefficient (Wildman–Crippen LogP) is 6.90. The first kappa shape index (κ1) is 33.0. The molecular weight excluding hydrogens is 605 g/mol. The van der Waals surface area contributed by atoms with Crippen molar-refractivity contribution in [1.82, 2.24) is 24.6 Å². The van der Waals surface area contributed by atoms with Crippen LogP contribution in [0.15, 0.2) is 36.7 Å². The lowest BCUT2D eigenvalue weighted by molar-refractivity contribution is -0.143. The molecule has 2 aromatic heterocycles. The normalized spacial score (nSPS) is 26.9. The highest BCUT2D eigenvalue weighted by Crippen LogP contribution is 2.41. The summed E-state index contributed by atoms with van der Waals surface area (Å²) in [6.07, 6.45) is 17.4. The molecule has 4 aliphatic rings. The molecule has 1 unspecified atom stereocenters. The van der Waals surface area contributed by atoms with E-state index in [2.05, 4.69) is 40.4 Å². The van der Waals surface area contributed by atoms with Gasteiger partial charge in [-0.15, -0.1) is 0 Å². The Balaban J connectivity index is 1.22. The minimum atomic E-state index is -0.664. The van der Waals surface area contributed by atoms with E-state index in [-0.39, 0.29) is 29.7 Å². The molecule has 1 aromatic carbocycles. The maximum Gasteiger partial charge on any atom is 0.306 e. The van der Waals surface area contributed by atoms with Gasteiger partial charge in [-0.1, -0.05) is 25.5 Å². The molecule has 0 spiro atoms. The van der Waals surface area contributed by atoms with E-state index in [0.29, 0.717) is 18.0 Å².